The number of aliphatic carboxylic acids is 1. The number of rotatable bonds is 5. The maximum absolute atomic E-state index is 11.3. The molecule has 4 heteroatoms. The highest BCUT2D eigenvalue weighted by Crippen LogP contribution is 2.34. The van der Waals surface area contributed by atoms with Crippen LogP contribution in [0.5, 0.6) is 0 Å². The summed E-state index contributed by atoms with van der Waals surface area (Å²) in [7, 11) is 0. The van der Waals surface area contributed by atoms with Gasteiger partial charge in [-0.2, -0.15) is 11.8 Å². The summed E-state index contributed by atoms with van der Waals surface area (Å²) in [6.45, 7) is 8.61. The van der Waals surface area contributed by atoms with Crippen LogP contribution in [0.1, 0.15) is 40.5 Å². The Balaban J connectivity index is 2.62. The first-order valence-electron chi connectivity index (χ1n) is 6.39. The third-order valence-electron chi connectivity index (χ3n) is 3.53. The first kappa shape index (κ1) is 14.8. The normalized spacial score (nSPS) is 25.8. The van der Waals surface area contributed by atoms with Crippen LogP contribution in [0.3, 0.4) is 0 Å². The molecular formula is C13H25NO2S. The Bertz CT molecular complexity index is 266. The molecule has 1 fully saturated rings. The van der Waals surface area contributed by atoms with Crippen LogP contribution in [0.2, 0.25) is 0 Å². The van der Waals surface area contributed by atoms with Gasteiger partial charge in [0.2, 0.25) is 0 Å². The molecule has 0 radical (unpaired) electrons. The average molecular weight is 259 g/mol. The minimum absolute atomic E-state index is 0.204. The molecule has 0 aromatic rings. The van der Waals surface area contributed by atoms with E-state index in [9.17, 15) is 9.90 Å². The standard InChI is InChI=1S/C13H25NO2S/c1-9(2)7-10(12(15)16)14-11-8-17-6-5-13(11,3)4/h9-11,14H,5-8H2,1-4H3,(H,15,16). The lowest BCUT2D eigenvalue weighted by Crippen LogP contribution is -2.53. The van der Waals surface area contributed by atoms with Gasteiger partial charge in [-0.1, -0.05) is 27.7 Å². The minimum atomic E-state index is -0.718. The van der Waals surface area contributed by atoms with E-state index in [1.54, 1.807) is 0 Å². The molecule has 2 N–H and O–H groups in total. The van der Waals surface area contributed by atoms with Crippen LogP contribution < -0.4 is 5.32 Å². The highest BCUT2D eigenvalue weighted by molar-refractivity contribution is 7.99. The van der Waals surface area contributed by atoms with E-state index in [-0.39, 0.29) is 5.41 Å². The average Bonchev–Trinajstić information content (AvgIpc) is 2.18. The Labute approximate surface area is 109 Å². The lowest BCUT2D eigenvalue weighted by atomic mass is 9.81. The van der Waals surface area contributed by atoms with Gasteiger partial charge in [0.15, 0.2) is 0 Å². The number of carboxylic acid groups (broad SMARTS) is 1. The molecule has 17 heavy (non-hydrogen) atoms. The van der Waals surface area contributed by atoms with Crippen molar-refractivity contribution in [3.8, 4) is 0 Å². The van der Waals surface area contributed by atoms with Crippen molar-refractivity contribution in [1.29, 1.82) is 0 Å². The molecule has 1 heterocycles. The van der Waals surface area contributed by atoms with Crippen molar-refractivity contribution in [3.63, 3.8) is 0 Å². The van der Waals surface area contributed by atoms with Crippen molar-refractivity contribution in [2.24, 2.45) is 11.3 Å². The summed E-state index contributed by atoms with van der Waals surface area (Å²) in [6.07, 6.45) is 1.86. The molecule has 0 spiro atoms. The van der Waals surface area contributed by atoms with Gasteiger partial charge >= 0.3 is 5.97 Å². The maximum Gasteiger partial charge on any atom is 0.320 e. The van der Waals surface area contributed by atoms with Crippen molar-refractivity contribution >= 4 is 17.7 Å². The van der Waals surface area contributed by atoms with Gasteiger partial charge in [-0.15, -0.1) is 0 Å². The first-order chi connectivity index (χ1) is 7.83. The summed E-state index contributed by atoms with van der Waals surface area (Å²) in [5, 5.41) is 12.6. The molecule has 0 saturated carbocycles. The lowest BCUT2D eigenvalue weighted by molar-refractivity contribution is -0.140. The summed E-state index contributed by atoms with van der Waals surface area (Å²) < 4.78 is 0. The number of hydrogen-bond donors (Lipinski definition) is 2. The molecule has 1 aliphatic heterocycles. The van der Waals surface area contributed by atoms with Gasteiger partial charge in [0.1, 0.15) is 6.04 Å². The van der Waals surface area contributed by atoms with Crippen LogP contribution in [-0.2, 0) is 4.79 Å². The van der Waals surface area contributed by atoms with Gasteiger partial charge in [0, 0.05) is 11.8 Å². The Kier molecular flexibility index (Phi) is 5.32. The number of thioether (sulfide) groups is 1. The van der Waals surface area contributed by atoms with E-state index in [0.29, 0.717) is 18.4 Å². The summed E-state index contributed by atoms with van der Waals surface area (Å²) in [6, 6.07) is -0.0981. The lowest BCUT2D eigenvalue weighted by Gasteiger charge is -2.40. The number of nitrogens with one attached hydrogen (secondary N) is 1. The zero-order chi connectivity index (χ0) is 13.1. The molecule has 0 aromatic heterocycles. The van der Waals surface area contributed by atoms with E-state index < -0.39 is 12.0 Å². The smallest absolute Gasteiger partial charge is 0.320 e. The second kappa shape index (κ2) is 6.10. The largest absolute Gasteiger partial charge is 0.480 e. The van der Waals surface area contributed by atoms with E-state index >= 15 is 0 Å². The quantitative estimate of drug-likeness (QED) is 0.797. The molecule has 0 bridgehead atoms. The highest BCUT2D eigenvalue weighted by Gasteiger charge is 2.35. The molecule has 3 nitrogen and oxygen atoms in total. The molecule has 1 aliphatic rings. The van der Waals surface area contributed by atoms with Crippen molar-refractivity contribution in [2.75, 3.05) is 11.5 Å². The molecule has 1 saturated heterocycles. The van der Waals surface area contributed by atoms with Crippen molar-refractivity contribution in [2.45, 2.75) is 52.6 Å². The van der Waals surface area contributed by atoms with Gasteiger partial charge in [0.25, 0.3) is 0 Å². The Morgan fingerprint density at radius 3 is 2.65 bits per heavy atom. The highest BCUT2D eigenvalue weighted by atomic mass is 32.2. The summed E-state index contributed by atoms with van der Waals surface area (Å²) in [5.74, 6) is 1.90. The molecule has 0 aliphatic carbocycles. The van der Waals surface area contributed by atoms with Crippen molar-refractivity contribution < 1.29 is 9.90 Å². The number of hydrogen-bond acceptors (Lipinski definition) is 3. The minimum Gasteiger partial charge on any atom is -0.480 e. The van der Waals surface area contributed by atoms with E-state index in [2.05, 4.69) is 33.0 Å². The van der Waals surface area contributed by atoms with Crippen LogP contribution in [0.15, 0.2) is 0 Å². The molecule has 2 atom stereocenters. The third kappa shape index (κ3) is 4.51. The van der Waals surface area contributed by atoms with Gasteiger partial charge < -0.3 is 10.4 Å². The van der Waals surface area contributed by atoms with E-state index in [1.807, 2.05) is 11.8 Å². The molecule has 0 aromatic carbocycles. The maximum atomic E-state index is 11.3. The Hall–Kier alpha value is -0.220. The van der Waals surface area contributed by atoms with E-state index in [1.165, 1.54) is 5.75 Å². The summed E-state index contributed by atoms with van der Waals surface area (Å²) in [4.78, 5) is 11.3. The van der Waals surface area contributed by atoms with Gasteiger partial charge in [-0.3, -0.25) is 4.79 Å². The van der Waals surface area contributed by atoms with Gasteiger partial charge in [-0.05, 0) is 29.9 Å². The van der Waals surface area contributed by atoms with Crippen LogP contribution >= 0.6 is 11.8 Å². The predicted molar refractivity (Wildman–Crippen MR) is 73.5 cm³/mol. The molecule has 1 rings (SSSR count). The van der Waals surface area contributed by atoms with E-state index in [0.717, 1.165) is 12.2 Å². The van der Waals surface area contributed by atoms with E-state index in [4.69, 9.17) is 0 Å². The molecule has 100 valence electrons. The van der Waals surface area contributed by atoms with Crippen molar-refractivity contribution in [3.05, 3.63) is 0 Å². The molecule has 0 amide bonds. The number of carboxylic acids is 1. The topological polar surface area (TPSA) is 49.3 Å². The van der Waals surface area contributed by atoms with Crippen LogP contribution in [0, 0.1) is 11.3 Å². The fraction of sp³-hybridized carbons (Fsp3) is 0.923. The predicted octanol–water partition coefficient (Wildman–Crippen LogP) is 2.61. The Morgan fingerprint density at radius 2 is 2.18 bits per heavy atom. The van der Waals surface area contributed by atoms with Crippen LogP contribution in [0.25, 0.3) is 0 Å². The second-order valence-corrected chi connectivity index (χ2v) is 7.20. The summed E-state index contributed by atoms with van der Waals surface area (Å²) in [5.41, 5.74) is 0.204. The first-order valence-corrected chi connectivity index (χ1v) is 7.55. The van der Waals surface area contributed by atoms with Crippen LogP contribution in [0.4, 0.5) is 0 Å². The monoisotopic (exact) mass is 259 g/mol. The molecular weight excluding hydrogens is 234 g/mol. The van der Waals surface area contributed by atoms with Crippen LogP contribution in [-0.4, -0.2) is 34.7 Å². The fourth-order valence-corrected chi connectivity index (χ4v) is 3.78. The summed E-state index contributed by atoms with van der Waals surface area (Å²) >= 11 is 1.92. The SMILES string of the molecule is CC(C)CC(NC1CSCCC1(C)C)C(=O)O. The Morgan fingerprint density at radius 1 is 1.53 bits per heavy atom. The second-order valence-electron chi connectivity index (χ2n) is 6.05. The van der Waals surface area contributed by atoms with Gasteiger partial charge in [0.05, 0.1) is 0 Å². The van der Waals surface area contributed by atoms with Gasteiger partial charge in [-0.25, -0.2) is 0 Å². The zero-order valence-electron chi connectivity index (χ0n) is 11.3. The number of carbonyl (C=O) groups is 1. The third-order valence-corrected chi connectivity index (χ3v) is 4.59. The zero-order valence-corrected chi connectivity index (χ0v) is 12.1. The molecule has 2 unspecified atom stereocenters. The fourth-order valence-electron chi connectivity index (χ4n) is 2.16. The van der Waals surface area contributed by atoms with Crippen molar-refractivity contribution in [1.82, 2.24) is 5.32 Å².